The van der Waals surface area contributed by atoms with Crippen molar-refractivity contribution in [1.29, 1.82) is 0 Å². The average Bonchev–Trinajstić information content (AvgIpc) is 2.79. The summed E-state index contributed by atoms with van der Waals surface area (Å²) in [6, 6.07) is 2.10. The SMILES string of the molecule is Cc1cc(C)n2nc(C(=O)N(CCO)C3CCC3)nc2n1. The Kier molecular flexibility index (Phi) is 3.59. The van der Waals surface area contributed by atoms with E-state index in [1.54, 1.807) is 9.42 Å². The quantitative estimate of drug-likeness (QED) is 0.897. The van der Waals surface area contributed by atoms with E-state index >= 15 is 0 Å². The van der Waals surface area contributed by atoms with Crippen molar-refractivity contribution in [2.24, 2.45) is 0 Å². The van der Waals surface area contributed by atoms with Crippen LogP contribution in [0.2, 0.25) is 0 Å². The zero-order valence-corrected chi connectivity index (χ0v) is 12.3. The van der Waals surface area contributed by atoms with Gasteiger partial charge in [0.15, 0.2) is 0 Å². The largest absolute Gasteiger partial charge is 0.395 e. The van der Waals surface area contributed by atoms with Crippen LogP contribution in [-0.2, 0) is 0 Å². The van der Waals surface area contributed by atoms with E-state index in [0.29, 0.717) is 12.3 Å². The Labute approximate surface area is 122 Å². The Morgan fingerprint density at radius 1 is 1.43 bits per heavy atom. The second-order valence-electron chi connectivity index (χ2n) is 5.49. The molecule has 1 fully saturated rings. The molecule has 0 aromatic carbocycles. The Bertz CT molecular complexity index is 677. The minimum atomic E-state index is -0.226. The first kappa shape index (κ1) is 13.9. The molecular weight excluding hydrogens is 270 g/mol. The molecule has 0 atom stereocenters. The Hall–Kier alpha value is -2.02. The van der Waals surface area contributed by atoms with Crippen LogP contribution in [0.4, 0.5) is 0 Å². The fourth-order valence-corrected chi connectivity index (χ4v) is 2.64. The van der Waals surface area contributed by atoms with Gasteiger partial charge in [-0.1, -0.05) is 0 Å². The summed E-state index contributed by atoms with van der Waals surface area (Å²) in [5.41, 5.74) is 1.74. The lowest BCUT2D eigenvalue weighted by Crippen LogP contribution is -2.46. The standard InChI is InChI=1S/C14H19N5O2/c1-9-8-10(2)19-14(15-9)16-12(17-19)13(21)18(6-7-20)11-4-3-5-11/h8,11,20H,3-7H2,1-2H3. The summed E-state index contributed by atoms with van der Waals surface area (Å²) in [6.45, 7) is 4.06. The molecular formula is C14H19N5O2. The van der Waals surface area contributed by atoms with Gasteiger partial charge in [-0.05, 0) is 39.2 Å². The number of aromatic nitrogens is 4. The topological polar surface area (TPSA) is 83.6 Å². The van der Waals surface area contributed by atoms with Crippen molar-refractivity contribution in [3.05, 3.63) is 23.3 Å². The van der Waals surface area contributed by atoms with Crippen LogP contribution in [0.25, 0.3) is 5.78 Å². The van der Waals surface area contributed by atoms with Gasteiger partial charge in [0.25, 0.3) is 11.7 Å². The third-order valence-electron chi connectivity index (χ3n) is 3.93. The highest BCUT2D eigenvalue weighted by atomic mass is 16.3. The number of rotatable bonds is 4. The lowest BCUT2D eigenvalue weighted by Gasteiger charge is -2.36. The van der Waals surface area contributed by atoms with E-state index in [0.717, 1.165) is 30.7 Å². The van der Waals surface area contributed by atoms with Gasteiger partial charge >= 0.3 is 0 Å². The molecule has 112 valence electrons. The summed E-state index contributed by atoms with van der Waals surface area (Å²) in [4.78, 5) is 22.8. The first-order chi connectivity index (χ1) is 10.1. The average molecular weight is 289 g/mol. The number of aryl methyl sites for hydroxylation is 2. The van der Waals surface area contributed by atoms with E-state index < -0.39 is 0 Å². The Balaban J connectivity index is 1.94. The maximum absolute atomic E-state index is 12.6. The molecule has 1 N–H and O–H groups in total. The number of hydrogen-bond donors (Lipinski definition) is 1. The van der Waals surface area contributed by atoms with Crippen molar-refractivity contribution in [2.75, 3.05) is 13.2 Å². The summed E-state index contributed by atoms with van der Waals surface area (Å²) < 4.78 is 1.58. The van der Waals surface area contributed by atoms with E-state index in [1.807, 2.05) is 19.9 Å². The molecule has 2 aromatic rings. The Morgan fingerprint density at radius 3 is 2.81 bits per heavy atom. The molecule has 0 radical (unpaired) electrons. The van der Waals surface area contributed by atoms with Gasteiger partial charge in [0.1, 0.15) is 0 Å². The second kappa shape index (κ2) is 5.40. The fourth-order valence-electron chi connectivity index (χ4n) is 2.64. The van der Waals surface area contributed by atoms with Gasteiger partial charge in [0, 0.05) is 24.0 Å². The van der Waals surface area contributed by atoms with Crippen LogP contribution < -0.4 is 0 Å². The molecule has 0 unspecified atom stereocenters. The highest BCUT2D eigenvalue weighted by Gasteiger charge is 2.31. The second-order valence-corrected chi connectivity index (χ2v) is 5.49. The molecule has 0 saturated heterocycles. The zero-order chi connectivity index (χ0) is 15.0. The third-order valence-corrected chi connectivity index (χ3v) is 3.93. The summed E-state index contributed by atoms with van der Waals surface area (Å²) >= 11 is 0. The smallest absolute Gasteiger partial charge is 0.293 e. The van der Waals surface area contributed by atoms with Gasteiger partial charge < -0.3 is 10.0 Å². The fraction of sp³-hybridized carbons (Fsp3) is 0.571. The number of nitrogens with zero attached hydrogens (tertiary/aromatic N) is 5. The molecule has 2 heterocycles. The normalized spacial score (nSPS) is 15.2. The van der Waals surface area contributed by atoms with Crippen molar-refractivity contribution < 1.29 is 9.90 Å². The predicted octanol–water partition coefficient (Wildman–Crippen LogP) is 0.728. The van der Waals surface area contributed by atoms with E-state index in [-0.39, 0.29) is 24.4 Å². The van der Waals surface area contributed by atoms with Crippen molar-refractivity contribution >= 4 is 11.7 Å². The van der Waals surface area contributed by atoms with Crippen LogP contribution in [0.3, 0.4) is 0 Å². The number of hydrogen-bond acceptors (Lipinski definition) is 5. The predicted molar refractivity (Wildman–Crippen MR) is 76.0 cm³/mol. The van der Waals surface area contributed by atoms with E-state index in [9.17, 15) is 4.79 Å². The zero-order valence-electron chi connectivity index (χ0n) is 12.3. The molecule has 0 aliphatic heterocycles. The van der Waals surface area contributed by atoms with Gasteiger partial charge in [-0.25, -0.2) is 9.50 Å². The molecule has 0 bridgehead atoms. The number of aliphatic hydroxyl groups excluding tert-OH is 1. The maximum atomic E-state index is 12.6. The van der Waals surface area contributed by atoms with Crippen molar-refractivity contribution in [1.82, 2.24) is 24.5 Å². The third kappa shape index (κ3) is 2.49. The molecule has 1 aliphatic carbocycles. The molecule has 3 rings (SSSR count). The number of aliphatic hydroxyl groups is 1. The van der Waals surface area contributed by atoms with Gasteiger partial charge in [0.05, 0.1) is 6.61 Å². The highest BCUT2D eigenvalue weighted by Crippen LogP contribution is 2.25. The monoisotopic (exact) mass is 289 g/mol. The minimum Gasteiger partial charge on any atom is -0.395 e. The van der Waals surface area contributed by atoms with Crippen LogP contribution >= 0.6 is 0 Å². The number of carbonyl (C=O) groups is 1. The van der Waals surface area contributed by atoms with Crippen molar-refractivity contribution in [2.45, 2.75) is 39.2 Å². The first-order valence-electron chi connectivity index (χ1n) is 7.23. The maximum Gasteiger partial charge on any atom is 0.293 e. The minimum absolute atomic E-state index is 0.0496. The van der Waals surface area contributed by atoms with Gasteiger partial charge in [0.2, 0.25) is 5.82 Å². The molecule has 1 aliphatic rings. The summed E-state index contributed by atoms with van der Waals surface area (Å²) in [7, 11) is 0. The lowest BCUT2D eigenvalue weighted by atomic mass is 9.91. The van der Waals surface area contributed by atoms with Crippen LogP contribution in [0, 0.1) is 13.8 Å². The highest BCUT2D eigenvalue weighted by molar-refractivity contribution is 5.91. The van der Waals surface area contributed by atoms with Crippen molar-refractivity contribution in [3.8, 4) is 0 Å². The first-order valence-corrected chi connectivity index (χ1v) is 7.23. The van der Waals surface area contributed by atoms with Crippen LogP contribution in [0.5, 0.6) is 0 Å². The lowest BCUT2D eigenvalue weighted by molar-refractivity contribution is 0.0514. The van der Waals surface area contributed by atoms with E-state index in [1.165, 1.54) is 0 Å². The van der Waals surface area contributed by atoms with E-state index in [2.05, 4.69) is 15.1 Å². The summed E-state index contributed by atoms with van der Waals surface area (Å²) in [6.07, 6.45) is 3.09. The molecule has 21 heavy (non-hydrogen) atoms. The molecule has 7 heteroatoms. The molecule has 1 amide bonds. The number of carbonyl (C=O) groups excluding carboxylic acids is 1. The molecule has 1 saturated carbocycles. The number of fused-ring (bicyclic) bond motifs is 1. The summed E-state index contributed by atoms with van der Waals surface area (Å²) in [5, 5.41) is 13.4. The van der Waals surface area contributed by atoms with Crippen molar-refractivity contribution in [3.63, 3.8) is 0 Å². The van der Waals surface area contributed by atoms with Gasteiger partial charge in [-0.2, -0.15) is 4.98 Å². The Morgan fingerprint density at radius 2 is 2.19 bits per heavy atom. The number of amides is 1. The van der Waals surface area contributed by atoms with E-state index in [4.69, 9.17) is 5.11 Å². The van der Waals surface area contributed by atoms with Crippen LogP contribution in [0.15, 0.2) is 6.07 Å². The molecule has 7 nitrogen and oxygen atoms in total. The molecule has 2 aromatic heterocycles. The molecule has 0 spiro atoms. The van der Waals surface area contributed by atoms with Crippen LogP contribution in [0.1, 0.15) is 41.3 Å². The summed E-state index contributed by atoms with van der Waals surface area (Å²) in [5.74, 6) is 0.362. The van der Waals surface area contributed by atoms with Crippen LogP contribution in [-0.4, -0.2) is 54.7 Å². The van der Waals surface area contributed by atoms with Gasteiger partial charge in [-0.3, -0.25) is 4.79 Å². The van der Waals surface area contributed by atoms with Gasteiger partial charge in [-0.15, -0.1) is 5.10 Å².